The molecule has 1 fully saturated rings. The molecule has 0 aliphatic carbocycles. The van der Waals surface area contributed by atoms with E-state index in [1.54, 1.807) is 0 Å². The fourth-order valence-electron chi connectivity index (χ4n) is 1.12. The fourth-order valence-corrected chi connectivity index (χ4v) is 2.22. The number of carbonyl (C=O) groups is 1. The summed E-state index contributed by atoms with van der Waals surface area (Å²) in [6, 6.07) is 0.603. The van der Waals surface area contributed by atoms with Gasteiger partial charge in [0.05, 0.1) is 6.54 Å². The second kappa shape index (κ2) is 4.74. The number of hydrogen-bond donors (Lipinski definition) is 1. The third kappa shape index (κ3) is 2.71. The van der Waals surface area contributed by atoms with Crippen molar-refractivity contribution < 1.29 is 4.79 Å². The minimum atomic E-state index is 0.523. The molecule has 0 radical (unpaired) electrons. The predicted octanol–water partition coefficient (Wildman–Crippen LogP) is 0.671. The number of hydrogen-bond acceptors (Lipinski definition) is 3. The van der Waals surface area contributed by atoms with Crippen LogP contribution in [0.1, 0.15) is 12.8 Å². The van der Waals surface area contributed by atoms with Crippen molar-refractivity contribution in [2.75, 3.05) is 18.1 Å². The topological polar surface area (TPSA) is 29.1 Å². The Kier molecular flexibility index (Phi) is 3.83. The van der Waals surface area contributed by atoms with Crippen LogP contribution >= 0.6 is 11.8 Å². The summed E-state index contributed by atoms with van der Waals surface area (Å²) in [6.45, 7) is 0.523. The van der Waals surface area contributed by atoms with Gasteiger partial charge in [0.2, 0.25) is 0 Å². The lowest BCUT2D eigenvalue weighted by Gasteiger charge is -2.21. The van der Waals surface area contributed by atoms with Crippen molar-refractivity contribution in [1.29, 1.82) is 0 Å². The molecule has 0 aromatic carbocycles. The van der Waals surface area contributed by atoms with Crippen LogP contribution in [0.2, 0.25) is 0 Å². The first-order chi connectivity index (χ1) is 4.93. The summed E-state index contributed by atoms with van der Waals surface area (Å²) in [5, 5.41) is 3.19. The van der Waals surface area contributed by atoms with E-state index < -0.39 is 0 Å². The van der Waals surface area contributed by atoms with Crippen LogP contribution in [0.3, 0.4) is 0 Å². The quantitative estimate of drug-likeness (QED) is 0.614. The molecular formula is C7H13NOS. The van der Waals surface area contributed by atoms with E-state index in [0.29, 0.717) is 12.6 Å². The summed E-state index contributed by atoms with van der Waals surface area (Å²) >= 11 is 2.00. The van der Waals surface area contributed by atoms with Gasteiger partial charge in [-0.15, -0.1) is 0 Å². The SMILES string of the molecule is O=CCNC1CCSCC1. The molecule has 1 heterocycles. The number of aldehydes is 1. The minimum Gasteiger partial charge on any atom is -0.307 e. The van der Waals surface area contributed by atoms with Crippen molar-refractivity contribution in [3.63, 3.8) is 0 Å². The first kappa shape index (κ1) is 8.08. The van der Waals surface area contributed by atoms with Gasteiger partial charge in [-0.2, -0.15) is 11.8 Å². The van der Waals surface area contributed by atoms with Crippen LogP contribution < -0.4 is 5.32 Å². The van der Waals surface area contributed by atoms with Crippen molar-refractivity contribution in [3.05, 3.63) is 0 Å². The molecule has 1 aliphatic heterocycles. The first-order valence-corrected chi connectivity index (χ1v) is 4.83. The largest absolute Gasteiger partial charge is 0.307 e. The van der Waals surface area contributed by atoms with Crippen molar-refractivity contribution >= 4 is 18.0 Å². The number of thioether (sulfide) groups is 1. The third-order valence-electron chi connectivity index (χ3n) is 1.71. The normalized spacial score (nSPS) is 20.8. The van der Waals surface area contributed by atoms with Gasteiger partial charge in [0.1, 0.15) is 6.29 Å². The van der Waals surface area contributed by atoms with Gasteiger partial charge in [0.25, 0.3) is 0 Å². The van der Waals surface area contributed by atoms with Gasteiger partial charge in [0, 0.05) is 6.04 Å². The molecule has 0 spiro atoms. The molecule has 58 valence electrons. The van der Waals surface area contributed by atoms with Crippen LogP contribution in [0, 0.1) is 0 Å². The summed E-state index contributed by atoms with van der Waals surface area (Å²) in [4.78, 5) is 9.98. The van der Waals surface area contributed by atoms with Crippen LogP contribution in [0.5, 0.6) is 0 Å². The van der Waals surface area contributed by atoms with Crippen LogP contribution in [0.25, 0.3) is 0 Å². The highest BCUT2D eigenvalue weighted by Crippen LogP contribution is 2.16. The zero-order chi connectivity index (χ0) is 7.23. The Labute approximate surface area is 65.8 Å². The highest BCUT2D eigenvalue weighted by Gasteiger charge is 2.11. The number of carbonyl (C=O) groups excluding carboxylic acids is 1. The van der Waals surface area contributed by atoms with Crippen LogP contribution in [0.15, 0.2) is 0 Å². The molecule has 0 unspecified atom stereocenters. The summed E-state index contributed by atoms with van der Waals surface area (Å²) in [6.07, 6.45) is 3.37. The van der Waals surface area contributed by atoms with E-state index in [2.05, 4.69) is 5.32 Å². The molecule has 0 aromatic rings. The molecule has 1 saturated heterocycles. The second-order valence-electron chi connectivity index (χ2n) is 2.46. The molecule has 1 rings (SSSR count). The molecule has 3 heteroatoms. The van der Waals surface area contributed by atoms with Crippen molar-refractivity contribution in [3.8, 4) is 0 Å². The summed E-state index contributed by atoms with van der Waals surface area (Å²) in [5.41, 5.74) is 0. The van der Waals surface area contributed by atoms with Gasteiger partial charge in [-0.1, -0.05) is 0 Å². The third-order valence-corrected chi connectivity index (χ3v) is 2.76. The van der Waals surface area contributed by atoms with Crippen LogP contribution in [-0.2, 0) is 4.79 Å². The lowest BCUT2D eigenvalue weighted by atomic mass is 10.1. The van der Waals surface area contributed by atoms with E-state index in [9.17, 15) is 4.79 Å². The fraction of sp³-hybridized carbons (Fsp3) is 0.857. The zero-order valence-corrected chi connectivity index (χ0v) is 6.82. The maximum Gasteiger partial charge on any atom is 0.133 e. The molecule has 0 amide bonds. The van der Waals surface area contributed by atoms with E-state index in [0.717, 1.165) is 6.29 Å². The van der Waals surface area contributed by atoms with E-state index >= 15 is 0 Å². The lowest BCUT2D eigenvalue weighted by molar-refractivity contribution is -0.107. The summed E-state index contributed by atoms with van der Waals surface area (Å²) in [7, 11) is 0. The van der Waals surface area contributed by atoms with Crippen molar-refractivity contribution in [1.82, 2.24) is 5.32 Å². The summed E-state index contributed by atoms with van der Waals surface area (Å²) in [5.74, 6) is 2.49. The van der Waals surface area contributed by atoms with E-state index in [1.165, 1.54) is 24.3 Å². The minimum absolute atomic E-state index is 0.523. The highest BCUT2D eigenvalue weighted by molar-refractivity contribution is 7.99. The highest BCUT2D eigenvalue weighted by atomic mass is 32.2. The Morgan fingerprint density at radius 3 is 2.80 bits per heavy atom. The zero-order valence-electron chi connectivity index (χ0n) is 6.01. The van der Waals surface area contributed by atoms with Gasteiger partial charge < -0.3 is 10.1 Å². The molecule has 0 saturated carbocycles. The molecule has 10 heavy (non-hydrogen) atoms. The molecule has 0 bridgehead atoms. The molecule has 1 N–H and O–H groups in total. The Bertz CT molecular complexity index is 102. The van der Waals surface area contributed by atoms with E-state index in [-0.39, 0.29) is 0 Å². The first-order valence-electron chi connectivity index (χ1n) is 3.68. The maximum atomic E-state index is 9.98. The Morgan fingerprint density at radius 2 is 2.20 bits per heavy atom. The van der Waals surface area contributed by atoms with Gasteiger partial charge in [-0.3, -0.25) is 0 Å². The molecule has 0 aromatic heterocycles. The standard InChI is InChI=1S/C7H13NOS/c9-4-3-8-7-1-5-10-6-2-7/h4,7-8H,1-3,5-6H2. The van der Waals surface area contributed by atoms with Crippen molar-refractivity contribution in [2.24, 2.45) is 0 Å². The van der Waals surface area contributed by atoms with Gasteiger partial charge >= 0.3 is 0 Å². The number of nitrogens with one attached hydrogen (secondary N) is 1. The summed E-state index contributed by atoms with van der Waals surface area (Å²) < 4.78 is 0. The average Bonchev–Trinajstić information content (AvgIpc) is 2.03. The lowest BCUT2D eigenvalue weighted by Crippen LogP contribution is -2.33. The van der Waals surface area contributed by atoms with Crippen molar-refractivity contribution in [2.45, 2.75) is 18.9 Å². The van der Waals surface area contributed by atoms with Crippen LogP contribution in [0.4, 0.5) is 0 Å². The van der Waals surface area contributed by atoms with Gasteiger partial charge in [0.15, 0.2) is 0 Å². The second-order valence-corrected chi connectivity index (χ2v) is 3.69. The molecular weight excluding hydrogens is 146 g/mol. The van der Waals surface area contributed by atoms with Gasteiger partial charge in [-0.05, 0) is 24.3 Å². The Hall–Kier alpha value is -0.0200. The maximum absolute atomic E-state index is 9.98. The molecule has 1 aliphatic rings. The smallest absolute Gasteiger partial charge is 0.133 e. The van der Waals surface area contributed by atoms with E-state index in [4.69, 9.17) is 0 Å². The average molecular weight is 159 g/mol. The van der Waals surface area contributed by atoms with Gasteiger partial charge in [-0.25, -0.2) is 0 Å². The number of rotatable bonds is 3. The molecule has 2 nitrogen and oxygen atoms in total. The Morgan fingerprint density at radius 1 is 1.50 bits per heavy atom. The predicted molar refractivity (Wildman–Crippen MR) is 44.4 cm³/mol. The Balaban J connectivity index is 2.07. The van der Waals surface area contributed by atoms with E-state index in [1.807, 2.05) is 11.8 Å². The monoisotopic (exact) mass is 159 g/mol. The van der Waals surface area contributed by atoms with Crippen LogP contribution in [-0.4, -0.2) is 30.4 Å². The molecule has 0 atom stereocenters.